The van der Waals surface area contributed by atoms with Crippen molar-refractivity contribution in [2.24, 2.45) is 0 Å². The van der Waals surface area contributed by atoms with Gasteiger partial charge in [-0.1, -0.05) is 54.6 Å². The highest BCUT2D eigenvalue weighted by Crippen LogP contribution is 2.42. The van der Waals surface area contributed by atoms with Gasteiger partial charge in [-0.3, -0.25) is 4.79 Å². The molecule has 0 amide bonds. The van der Waals surface area contributed by atoms with Gasteiger partial charge in [0.25, 0.3) is 0 Å². The molecule has 0 aromatic heterocycles. The van der Waals surface area contributed by atoms with Crippen molar-refractivity contribution in [3.63, 3.8) is 0 Å². The summed E-state index contributed by atoms with van der Waals surface area (Å²) in [6.45, 7) is 0. The first-order valence-electron chi connectivity index (χ1n) is 7.08. The van der Waals surface area contributed by atoms with Crippen LogP contribution in [-0.2, 0) is 23.1 Å². The molecule has 2 aromatic carbocycles. The Morgan fingerprint density at radius 1 is 1.05 bits per heavy atom. The largest absolute Gasteiger partial charge is 0.481 e. The Morgan fingerprint density at radius 3 is 2.50 bits per heavy atom. The third-order valence-electron chi connectivity index (χ3n) is 4.45. The summed E-state index contributed by atoms with van der Waals surface area (Å²) in [5.74, 6) is -0.682. The number of carbonyl (C=O) groups is 1. The maximum absolute atomic E-state index is 11.9. The summed E-state index contributed by atoms with van der Waals surface area (Å²) >= 11 is 0. The molecule has 0 bridgehead atoms. The summed E-state index contributed by atoms with van der Waals surface area (Å²) < 4.78 is 0. The molecule has 0 aliphatic heterocycles. The molecule has 0 radical (unpaired) electrons. The number of rotatable bonds is 4. The van der Waals surface area contributed by atoms with Gasteiger partial charge < -0.3 is 5.11 Å². The van der Waals surface area contributed by atoms with Gasteiger partial charge in [0.15, 0.2) is 0 Å². The average Bonchev–Trinajstić information content (AvgIpc) is 2.87. The maximum Gasteiger partial charge on any atom is 0.314 e. The monoisotopic (exact) mass is 266 g/mol. The summed E-state index contributed by atoms with van der Waals surface area (Å²) in [4.78, 5) is 11.9. The number of hydrogen-bond donors (Lipinski definition) is 1. The van der Waals surface area contributed by atoms with Crippen LogP contribution >= 0.6 is 0 Å². The first-order valence-corrected chi connectivity index (χ1v) is 7.08. The van der Waals surface area contributed by atoms with E-state index in [4.69, 9.17) is 0 Å². The van der Waals surface area contributed by atoms with Gasteiger partial charge in [0, 0.05) is 0 Å². The van der Waals surface area contributed by atoms with Crippen molar-refractivity contribution in [3.8, 4) is 0 Å². The Hall–Kier alpha value is -2.09. The minimum absolute atomic E-state index is 0.670. The molecular weight excluding hydrogens is 248 g/mol. The normalized spacial score (nSPS) is 20.6. The van der Waals surface area contributed by atoms with Crippen LogP contribution in [0.2, 0.25) is 0 Å². The van der Waals surface area contributed by atoms with Crippen molar-refractivity contribution < 1.29 is 9.90 Å². The second-order valence-electron chi connectivity index (χ2n) is 5.53. The van der Waals surface area contributed by atoms with Gasteiger partial charge in [-0.25, -0.2) is 0 Å². The fraction of sp³-hybridized carbons (Fsp3) is 0.278. The highest BCUT2D eigenvalue weighted by molar-refractivity contribution is 5.83. The lowest BCUT2D eigenvalue weighted by Gasteiger charge is -2.25. The summed E-state index contributed by atoms with van der Waals surface area (Å²) in [7, 11) is 0. The van der Waals surface area contributed by atoms with E-state index in [0.717, 1.165) is 18.4 Å². The fourth-order valence-electron chi connectivity index (χ4n) is 3.28. The summed E-state index contributed by atoms with van der Waals surface area (Å²) in [5, 5.41) is 9.79. The van der Waals surface area contributed by atoms with E-state index in [1.54, 1.807) is 0 Å². The van der Waals surface area contributed by atoms with Crippen LogP contribution in [0.5, 0.6) is 0 Å². The lowest BCUT2D eigenvalue weighted by atomic mass is 9.77. The second-order valence-corrected chi connectivity index (χ2v) is 5.53. The van der Waals surface area contributed by atoms with E-state index in [2.05, 4.69) is 18.2 Å². The molecule has 20 heavy (non-hydrogen) atoms. The predicted octanol–water partition coefficient (Wildman–Crippen LogP) is 3.59. The molecule has 1 unspecified atom stereocenters. The third kappa shape index (κ3) is 2.11. The van der Waals surface area contributed by atoms with E-state index >= 15 is 0 Å². The standard InChI is InChI=1S/C18H18O2/c19-17(20)18(12-10-14-6-2-1-3-7-14)13-11-15-8-4-5-9-16(15)18/h1-9H,10-13H2,(H,19,20). The first kappa shape index (κ1) is 12.9. The number of benzene rings is 2. The van der Waals surface area contributed by atoms with Gasteiger partial charge >= 0.3 is 5.97 Å². The number of carboxylic acids is 1. The van der Waals surface area contributed by atoms with Crippen LogP contribution < -0.4 is 0 Å². The quantitative estimate of drug-likeness (QED) is 0.918. The molecular formula is C18H18O2. The molecule has 3 rings (SSSR count). The van der Waals surface area contributed by atoms with Crippen molar-refractivity contribution in [3.05, 3.63) is 71.3 Å². The van der Waals surface area contributed by atoms with E-state index in [9.17, 15) is 9.90 Å². The van der Waals surface area contributed by atoms with Gasteiger partial charge in [-0.15, -0.1) is 0 Å². The van der Waals surface area contributed by atoms with E-state index < -0.39 is 11.4 Å². The van der Waals surface area contributed by atoms with E-state index in [-0.39, 0.29) is 0 Å². The fourth-order valence-corrected chi connectivity index (χ4v) is 3.28. The van der Waals surface area contributed by atoms with Crippen LogP contribution in [0, 0.1) is 0 Å². The Labute approximate surface area is 119 Å². The third-order valence-corrected chi connectivity index (χ3v) is 4.45. The maximum atomic E-state index is 11.9. The van der Waals surface area contributed by atoms with E-state index in [1.807, 2.05) is 36.4 Å². The van der Waals surface area contributed by atoms with Gasteiger partial charge in [0.2, 0.25) is 0 Å². The molecule has 2 aromatic rings. The molecule has 0 saturated carbocycles. The zero-order valence-electron chi connectivity index (χ0n) is 11.4. The van der Waals surface area contributed by atoms with E-state index in [1.165, 1.54) is 11.1 Å². The van der Waals surface area contributed by atoms with Crippen molar-refractivity contribution in [1.82, 2.24) is 0 Å². The number of aryl methyl sites for hydroxylation is 2. The van der Waals surface area contributed by atoms with Gasteiger partial charge in [-0.2, -0.15) is 0 Å². The Kier molecular flexibility index (Phi) is 3.31. The van der Waals surface area contributed by atoms with Gasteiger partial charge in [-0.05, 0) is 42.4 Å². The molecule has 102 valence electrons. The zero-order chi connectivity index (χ0) is 14.0. The highest BCUT2D eigenvalue weighted by atomic mass is 16.4. The minimum Gasteiger partial charge on any atom is -0.481 e. The van der Waals surface area contributed by atoms with Crippen molar-refractivity contribution in [1.29, 1.82) is 0 Å². The minimum atomic E-state index is -0.702. The topological polar surface area (TPSA) is 37.3 Å². The average molecular weight is 266 g/mol. The highest BCUT2D eigenvalue weighted by Gasteiger charge is 2.44. The van der Waals surface area contributed by atoms with Gasteiger partial charge in [0.05, 0.1) is 5.41 Å². The first-order chi connectivity index (χ1) is 9.72. The van der Waals surface area contributed by atoms with Crippen LogP contribution in [-0.4, -0.2) is 11.1 Å². The lowest BCUT2D eigenvalue weighted by molar-refractivity contribution is -0.144. The number of aliphatic carboxylic acids is 1. The molecule has 1 aliphatic rings. The number of carboxylic acid groups (broad SMARTS) is 1. The molecule has 1 N–H and O–H groups in total. The van der Waals surface area contributed by atoms with Gasteiger partial charge in [0.1, 0.15) is 0 Å². The molecule has 1 aliphatic carbocycles. The smallest absolute Gasteiger partial charge is 0.314 e. The van der Waals surface area contributed by atoms with Crippen LogP contribution in [0.4, 0.5) is 0 Å². The summed E-state index contributed by atoms with van der Waals surface area (Å²) in [6.07, 6.45) is 3.07. The van der Waals surface area contributed by atoms with E-state index in [0.29, 0.717) is 12.8 Å². The number of fused-ring (bicyclic) bond motifs is 1. The SMILES string of the molecule is O=C(O)C1(CCc2ccccc2)CCc2ccccc21. The summed E-state index contributed by atoms with van der Waals surface area (Å²) in [6, 6.07) is 18.1. The molecule has 2 nitrogen and oxygen atoms in total. The van der Waals surface area contributed by atoms with Crippen LogP contribution in [0.3, 0.4) is 0 Å². The van der Waals surface area contributed by atoms with Crippen LogP contribution in [0.25, 0.3) is 0 Å². The molecule has 2 heteroatoms. The lowest BCUT2D eigenvalue weighted by Crippen LogP contribution is -2.34. The molecule has 0 fully saturated rings. The van der Waals surface area contributed by atoms with Crippen LogP contribution in [0.15, 0.2) is 54.6 Å². The molecule has 1 atom stereocenters. The van der Waals surface area contributed by atoms with Crippen molar-refractivity contribution in [2.45, 2.75) is 31.1 Å². The molecule has 0 spiro atoms. The molecule has 0 heterocycles. The Balaban J connectivity index is 1.89. The zero-order valence-corrected chi connectivity index (χ0v) is 11.4. The summed E-state index contributed by atoms with van der Waals surface area (Å²) in [5.41, 5.74) is 2.72. The predicted molar refractivity (Wildman–Crippen MR) is 78.8 cm³/mol. The Bertz CT molecular complexity index is 618. The molecule has 0 saturated heterocycles. The second kappa shape index (κ2) is 5.12. The van der Waals surface area contributed by atoms with Crippen LogP contribution in [0.1, 0.15) is 29.5 Å². The Morgan fingerprint density at radius 2 is 1.75 bits per heavy atom. The van der Waals surface area contributed by atoms with Crippen molar-refractivity contribution >= 4 is 5.97 Å². The van der Waals surface area contributed by atoms with Crippen molar-refractivity contribution in [2.75, 3.05) is 0 Å². The number of hydrogen-bond acceptors (Lipinski definition) is 1.